The van der Waals surface area contributed by atoms with Gasteiger partial charge in [0.05, 0.1) is 11.6 Å². The predicted molar refractivity (Wildman–Crippen MR) is 134 cm³/mol. The van der Waals surface area contributed by atoms with E-state index in [1.54, 1.807) is 0 Å². The third-order valence-corrected chi connectivity index (χ3v) is 5.66. The van der Waals surface area contributed by atoms with Gasteiger partial charge in [-0.1, -0.05) is 64.1 Å². The molecule has 5 aromatic rings. The Morgan fingerprint density at radius 1 is 0.700 bits per heavy atom. The van der Waals surface area contributed by atoms with Crippen LogP contribution in [0.25, 0.3) is 43.1 Å². The van der Waals surface area contributed by atoms with Crippen LogP contribution >= 0.6 is 0 Å². The maximum absolute atomic E-state index is 9.83. The highest BCUT2D eigenvalue weighted by molar-refractivity contribution is 6.36. The normalized spacial score (nSPS) is 10.5. The number of benzene rings is 5. The van der Waals surface area contributed by atoms with Crippen LogP contribution in [0.15, 0.2) is 48.5 Å². The summed E-state index contributed by atoms with van der Waals surface area (Å²) in [5.74, 6) is 0. The van der Waals surface area contributed by atoms with Gasteiger partial charge in [0, 0.05) is 28.9 Å². The average molecular weight is 395 g/mol. The minimum absolute atomic E-state index is 0.735. The number of hydrogen-bond acceptors (Lipinski definition) is 2. The molecule has 0 spiro atoms. The molecule has 0 heterocycles. The van der Waals surface area contributed by atoms with Gasteiger partial charge in [-0.25, -0.2) is 0 Å². The molecule has 1 N–H and O–H groups in total. The summed E-state index contributed by atoms with van der Waals surface area (Å²) in [4.78, 5) is 0. The third-order valence-electron chi connectivity index (χ3n) is 5.66. The van der Waals surface area contributed by atoms with Crippen molar-refractivity contribution in [2.45, 2.75) is 41.5 Å². The van der Waals surface area contributed by atoms with Crippen molar-refractivity contribution in [3.05, 3.63) is 65.2 Å². The molecule has 0 saturated heterocycles. The molecule has 0 aliphatic rings. The van der Waals surface area contributed by atoms with E-state index in [1.807, 2.05) is 40.8 Å². The number of rotatable bonds is 1. The van der Waals surface area contributed by atoms with E-state index in [1.165, 1.54) is 43.4 Å². The van der Waals surface area contributed by atoms with Crippen LogP contribution in [-0.4, -0.2) is 7.05 Å². The lowest BCUT2D eigenvalue weighted by molar-refractivity contribution is 1.45. The largest absolute Gasteiger partial charge is 0.388 e. The summed E-state index contributed by atoms with van der Waals surface area (Å²) in [6.07, 6.45) is 0. The first-order chi connectivity index (χ1) is 14.7. The van der Waals surface area contributed by atoms with Gasteiger partial charge in [-0.05, 0) is 64.0 Å². The molecule has 0 amide bonds. The van der Waals surface area contributed by atoms with Crippen LogP contribution in [0.5, 0.6) is 0 Å². The third kappa shape index (κ3) is 2.94. The van der Waals surface area contributed by atoms with Gasteiger partial charge in [0.25, 0.3) is 0 Å². The van der Waals surface area contributed by atoms with Gasteiger partial charge in [-0.3, -0.25) is 0 Å². The van der Waals surface area contributed by atoms with Gasteiger partial charge >= 0.3 is 0 Å². The summed E-state index contributed by atoms with van der Waals surface area (Å²) in [5.41, 5.74) is 4.35. The molecule has 0 unspecified atom stereocenters. The summed E-state index contributed by atoms with van der Waals surface area (Å²) < 4.78 is 0. The first-order valence-corrected chi connectivity index (χ1v) is 10.9. The number of aryl methyl sites for hydroxylation is 2. The van der Waals surface area contributed by atoms with Gasteiger partial charge in [0.15, 0.2) is 0 Å². The molecule has 5 rings (SSSR count). The Labute approximate surface area is 179 Å². The fraction of sp³-hybridized carbons (Fsp3) is 0.250. The maximum atomic E-state index is 9.83. The molecule has 0 saturated carbocycles. The highest BCUT2D eigenvalue weighted by Crippen LogP contribution is 2.45. The molecule has 2 nitrogen and oxygen atoms in total. The molecule has 30 heavy (non-hydrogen) atoms. The molecule has 0 aliphatic heterocycles. The van der Waals surface area contributed by atoms with Crippen molar-refractivity contribution in [1.29, 1.82) is 5.26 Å². The Morgan fingerprint density at radius 3 is 2.07 bits per heavy atom. The molecule has 0 radical (unpaired) electrons. The van der Waals surface area contributed by atoms with Crippen molar-refractivity contribution in [1.82, 2.24) is 0 Å². The second-order valence-corrected chi connectivity index (χ2v) is 7.05. The molecular formula is C28H30N2. The molecule has 152 valence electrons. The molecule has 0 atom stereocenters. The van der Waals surface area contributed by atoms with Crippen LogP contribution in [0.3, 0.4) is 0 Å². The Kier molecular flexibility index (Phi) is 6.13. The Hall–Kier alpha value is -3.31. The predicted octanol–water partition coefficient (Wildman–Crippen LogP) is 8.32. The van der Waals surface area contributed by atoms with Crippen LogP contribution in [-0.2, 0) is 0 Å². The van der Waals surface area contributed by atoms with E-state index in [4.69, 9.17) is 0 Å². The lowest BCUT2D eigenvalue weighted by atomic mass is 9.85. The topological polar surface area (TPSA) is 35.8 Å². The second-order valence-electron chi connectivity index (χ2n) is 7.05. The summed E-state index contributed by atoms with van der Waals surface area (Å²) in [7, 11) is 1.96. The minimum Gasteiger partial charge on any atom is -0.388 e. The van der Waals surface area contributed by atoms with Gasteiger partial charge < -0.3 is 5.32 Å². The van der Waals surface area contributed by atoms with Crippen LogP contribution in [0, 0.1) is 25.2 Å². The lowest BCUT2D eigenvalue weighted by Gasteiger charge is -2.20. The van der Waals surface area contributed by atoms with E-state index in [0.29, 0.717) is 0 Å². The number of hydrogen-bond donors (Lipinski definition) is 1. The first-order valence-electron chi connectivity index (χ1n) is 10.9. The van der Waals surface area contributed by atoms with Gasteiger partial charge in [-0.2, -0.15) is 5.26 Å². The van der Waals surface area contributed by atoms with Crippen molar-refractivity contribution < 1.29 is 0 Å². The highest BCUT2D eigenvalue weighted by Gasteiger charge is 2.19. The zero-order chi connectivity index (χ0) is 22.0. The SMILES string of the molecule is CC.CC.CNc1cc(C)c2c(C)ccc3c4cccc5ccc(C#N)c(c1c23)c54. The number of nitrogens with zero attached hydrogens (tertiary/aromatic N) is 1. The van der Waals surface area contributed by atoms with E-state index < -0.39 is 0 Å². The summed E-state index contributed by atoms with van der Waals surface area (Å²) >= 11 is 0. The maximum Gasteiger partial charge on any atom is 0.0998 e. The van der Waals surface area contributed by atoms with E-state index in [9.17, 15) is 5.26 Å². The van der Waals surface area contributed by atoms with Gasteiger partial charge in [0.1, 0.15) is 0 Å². The molecule has 2 heteroatoms. The zero-order valence-electron chi connectivity index (χ0n) is 19.1. The van der Waals surface area contributed by atoms with Crippen molar-refractivity contribution in [3.8, 4) is 6.07 Å². The molecular weight excluding hydrogens is 364 g/mol. The zero-order valence-corrected chi connectivity index (χ0v) is 19.1. The fourth-order valence-electron chi connectivity index (χ4n) is 4.61. The van der Waals surface area contributed by atoms with Gasteiger partial charge in [0.2, 0.25) is 0 Å². The Bertz CT molecular complexity index is 1390. The van der Waals surface area contributed by atoms with Crippen LogP contribution in [0.4, 0.5) is 5.69 Å². The fourth-order valence-corrected chi connectivity index (χ4v) is 4.61. The first kappa shape index (κ1) is 21.4. The minimum atomic E-state index is 0.735. The standard InChI is InChI=1S/C24H18N2.2C2H6/c1-13-7-10-18-17-6-4-5-15-8-9-16(12-25)22(21(15)17)24-19(26-3)11-14(2)20(13)23(18)24;2*1-2/h4-11,26H,1-3H3;2*1-2H3. The summed E-state index contributed by atoms with van der Waals surface area (Å²) in [5, 5.41) is 22.8. The van der Waals surface area contributed by atoms with Crippen LogP contribution in [0.1, 0.15) is 44.4 Å². The number of anilines is 1. The number of nitriles is 1. The number of nitrogens with one attached hydrogen (secondary N) is 1. The monoisotopic (exact) mass is 394 g/mol. The molecule has 5 aromatic carbocycles. The van der Waals surface area contributed by atoms with E-state index in [-0.39, 0.29) is 0 Å². The van der Waals surface area contributed by atoms with Crippen molar-refractivity contribution in [2.75, 3.05) is 12.4 Å². The van der Waals surface area contributed by atoms with Crippen molar-refractivity contribution >= 4 is 48.8 Å². The van der Waals surface area contributed by atoms with Gasteiger partial charge in [-0.15, -0.1) is 0 Å². The molecule has 0 fully saturated rings. The molecule has 0 aliphatic carbocycles. The molecule has 0 aromatic heterocycles. The number of fused-ring (bicyclic) bond motifs is 2. The lowest BCUT2D eigenvalue weighted by Crippen LogP contribution is -1.97. The average Bonchev–Trinajstić information content (AvgIpc) is 2.80. The van der Waals surface area contributed by atoms with Crippen LogP contribution in [0.2, 0.25) is 0 Å². The highest BCUT2D eigenvalue weighted by atomic mass is 14.8. The Balaban J connectivity index is 0.000000606. The second kappa shape index (κ2) is 8.59. The van der Waals surface area contributed by atoms with Crippen LogP contribution < -0.4 is 5.32 Å². The smallest absolute Gasteiger partial charge is 0.0998 e. The van der Waals surface area contributed by atoms with E-state index in [0.717, 1.165) is 22.0 Å². The summed E-state index contributed by atoms with van der Waals surface area (Å²) in [6.45, 7) is 12.3. The molecule has 0 bridgehead atoms. The van der Waals surface area contributed by atoms with Crippen molar-refractivity contribution in [2.24, 2.45) is 0 Å². The van der Waals surface area contributed by atoms with E-state index in [2.05, 4.69) is 67.7 Å². The summed E-state index contributed by atoms with van der Waals surface area (Å²) in [6, 6.07) is 19.5. The van der Waals surface area contributed by atoms with E-state index >= 15 is 0 Å². The quantitative estimate of drug-likeness (QED) is 0.229. The Morgan fingerprint density at radius 2 is 1.40 bits per heavy atom. The van der Waals surface area contributed by atoms with Crippen molar-refractivity contribution in [3.63, 3.8) is 0 Å².